The molecule has 8 nitrogen and oxygen atoms in total. The highest BCUT2D eigenvalue weighted by Crippen LogP contribution is 2.29. The van der Waals surface area contributed by atoms with E-state index < -0.39 is 17.7 Å². The van der Waals surface area contributed by atoms with Crippen molar-refractivity contribution in [1.29, 1.82) is 0 Å². The molecule has 0 spiro atoms. The molecular weight excluding hydrogens is 390 g/mol. The zero-order valence-electron chi connectivity index (χ0n) is 15.9. The maximum absolute atomic E-state index is 14.7. The van der Waals surface area contributed by atoms with Crippen LogP contribution in [0.4, 0.5) is 8.78 Å². The second-order valence-electron chi connectivity index (χ2n) is 6.87. The fourth-order valence-corrected chi connectivity index (χ4v) is 3.03. The van der Waals surface area contributed by atoms with Crippen molar-refractivity contribution < 1.29 is 8.78 Å². The average molecular weight is 411 g/mol. The molecule has 2 heterocycles. The lowest BCUT2D eigenvalue weighted by Crippen LogP contribution is -2.29. The number of aromatic nitrogens is 7. The third kappa shape index (κ3) is 3.88. The van der Waals surface area contributed by atoms with Crippen molar-refractivity contribution in [3.05, 3.63) is 52.3 Å². The van der Waals surface area contributed by atoms with Crippen LogP contribution in [0.25, 0.3) is 0 Å². The van der Waals surface area contributed by atoms with Gasteiger partial charge >= 0.3 is 0 Å². The Morgan fingerprint density at radius 2 is 1.79 bits per heavy atom. The van der Waals surface area contributed by atoms with Gasteiger partial charge < -0.3 is 0 Å². The van der Waals surface area contributed by atoms with E-state index in [0.29, 0.717) is 11.6 Å². The average Bonchev–Trinajstić information content (AvgIpc) is 3.31. The molecule has 28 heavy (non-hydrogen) atoms. The highest BCUT2D eigenvalue weighted by atomic mass is 35.5. The second-order valence-corrected chi connectivity index (χ2v) is 7.28. The zero-order chi connectivity index (χ0) is 20.4. The summed E-state index contributed by atoms with van der Waals surface area (Å²) in [6.45, 7) is 7.99. The van der Waals surface area contributed by atoms with Crippen LogP contribution in [0.1, 0.15) is 63.0 Å². The van der Waals surface area contributed by atoms with E-state index in [2.05, 4.69) is 30.9 Å². The summed E-state index contributed by atoms with van der Waals surface area (Å²) >= 11 is 5.71. The van der Waals surface area contributed by atoms with Gasteiger partial charge in [-0.25, -0.2) is 23.1 Å². The monoisotopic (exact) mass is 410 g/mol. The van der Waals surface area contributed by atoms with Gasteiger partial charge in [0, 0.05) is 11.6 Å². The van der Waals surface area contributed by atoms with Crippen LogP contribution in [0.15, 0.2) is 18.5 Å². The van der Waals surface area contributed by atoms with Crippen molar-refractivity contribution in [3.63, 3.8) is 0 Å². The predicted octanol–water partition coefficient (Wildman–Crippen LogP) is 3.24. The highest BCUT2D eigenvalue weighted by Gasteiger charge is 2.27. The molecule has 0 saturated carbocycles. The number of nitrogens with one attached hydrogen (secondary N) is 1. The lowest BCUT2D eigenvalue weighted by molar-refractivity contribution is 0.427. The molecule has 0 radical (unpaired) electrons. The summed E-state index contributed by atoms with van der Waals surface area (Å²) in [4.78, 5) is 4.24. The van der Waals surface area contributed by atoms with Crippen LogP contribution >= 0.6 is 11.6 Å². The molecule has 1 aromatic carbocycles. The fraction of sp³-hybridized carbons (Fsp3) is 0.471. The minimum Gasteiger partial charge on any atom is -0.296 e. The molecule has 0 amide bonds. The Balaban J connectivity index is 2.01. The maximum atomic E-state index is 14.7. The SMILES string of the molecule is CC(C)n1ncnc1CNC(c1ccc(Cl)c(F)c1F)c1nnnn1C(C)C. The summed E-state index contributed by atoms with van der Waals surface area (Å²) < 4.78 is 32.1. The first-order valence-electron chi connectivity index (χ1n) is 8.84. The van der Waals surface area contributed by atoms with Crippen LogP contribution in [0.3, 0.4) is 0 Å². The summed E-state index contributed by atoms with van der Waals surface area (Å²) in [7, 11) is 0. The van der Waals surface area contributed by atoms with E-state index in [0.717, 1.165) is 0 Å². The van der Waals surface area contributed by atoms with Gasteiger partial charge in [-0.3, -0.25) is 5.32 Å². The molecule has 3 aromatic rings. The van der Waals surface area contributed by atoms with Crippen molar-refractivity contribution in [2.24, 2.45) is 0 Å². The van der Waals surface area contributed by atoms with E-state index in [1.807, 2.05) is 27.7 Å². The first-order chi connectivity index (χ1) is 13.3. The molecule has 3 rings (SSSR count). The first kappa shape index (κ1) is 20.3. The first-order valence-corrected chi connectivity index (χ1v) is 9.22. The Hall–Kier alpha value is -2.46. The Morgan fingerprint density at radius 3 is 2.46 bits per heavy atom. The summed E-state index contributed by atoms with van der Waals surface area (Å²) in [5.74, 6) is -1.15. The van der Waals surface area contributed by atoms with Gasteiger partial charge in [-0.05, 0) is 44.2 Å². The lowest BCUT2D eigenvalue weighted by Gasteiger charge is -2.21. The van der Waals surface area contributed by atoms with Gasteiger partial charge in [0.2, 0.25) is 0 Å². The van der Waals surface area contributed by atoms with E-state index in [-0.39, 0.29) is 29.2 Å². The molecular formula is C17H21ClF2N8. The van der Waals surface area contributed by atoms with E-state index in [9.17, 15) is 8.78 Å². The number of nitrogens with zero attached hydrogens (tertiary/aromatic N) is 7. The molecule has 0 aliphatic heterocycles. The van der Waals surface area contributed by atoms with Gasteiger partial charge in [0.15, 0.2) is 17.5 Å². The summed E-state index contributed by atoms with van der Waals surface area (Å²) in [6.07, 6.45) is 1.45. The van der Waals surface area contributed by atoms with Crippen LogP contribution in [-0.2, 0) is 6.54 Å². The molecule has 11 heteroatoms. The molecule has 1 unspecified atom stereocenters. The van der Waals surface area contributed by atoms with Gasteiger partial charge in [0.05, 0.1) is 23.7 Å². The second kappa shape index (κ2) is 8.27. The lowest BCUT2D eigenvalue weighted by atomic mass is 10.0. The standard InChI is InChI=1S/C17H21ClF2N8/c1-9(2)27-13(22-8-23-27)7-21-16(17-24-25-26-28(17)10(3)4)11-5-6-12(18)15(20)14(11)19/h5-6,8-10,16,21H,7H2,1-4H3. The summed E-state index contributed by atoms with van der Waals surface area (Å²) in [5, 5.41) is 18.8. The van der Waals surface area contributed by atoms with E-state index in [4.69, 9.17) is 11.6 Å². The van der Waals surface area contributed by atoms with Gasteiger partial charge in [0.25, 0.3) is 0 Å². The largest absolute Gasteiger partial charge is 0.296 e. The van der Waals surface area contributed by atoms with E-state index in [1.165, 1.54) is 18.5 Å². The number of hydrogen-bond donors (Lipinski definition) is 1. The Labute approximate surface area is 165 Å². The Morgan fingerprint density at radius 1 is 1.07 bits per heavy atom. The summed E-state index contributed by atoms with van der Waals surface area (Å²) in [5.41, 5.74) is 0.0502. The van der Waals surface area contributed by atoms with Crippen molar-refractivity contribution in [2.75, 3.05) is 0 Å². The van der Waals surface area contributed by atoms with Crippen molar-refractivity contribution >= 4 is 11.6 Å². The smallest absolute Gasteiger partial charge is 0.177 e. The molecule has 1 N–H and O–H groups in total. The highest BCUT2D eigenvalue weighted by molar-refractivity contribution is 6.30. The maximum Gasteiger partial charge on any atom is 0.177 e. The molecule has 0 aliphatic rings. The zero-order valence-corrected chi connectivity index (χ0v) is 16.7. The van der Waals surface area contributed by atoms with Crippen molar-refractivity contribution in [2.45, 2.75) is 52.4 Å². The van der Waals surface area contributed by atoms with Crippen LogP contribution in [-0.4, -0.2) is 35.0 Å². The van der Waals surface area contributed by atoms with Crippen molar-refractivity contribution in [3.8, 4) is 0 Å². The topological polar surface area (TPSA) is 86.3 Å². The molecule has 0 fully saturated rings. The molecule has 2 aromatic heterocycles. The quantitative estimate of drug-likeness (QED) is 0.602. The minimum atomic E-state index is -1.11. The van der Waals surface area contributed by atoms with Gasteiger partial charge in [-0.15, -0.1) is 5.10 Å². The van der Waals surface area contributed by atoms with Crippen molar-refractivity contribution in [1.82, 2.24) is 40.3 Å². The van der Waals surface area contributed by atoms with Gasteiger partial charge in [-0.2, -0.15) is 5.10 Å². The van der Waals surface area contributed by atoms with E-state index >= 15 is 0 Å². The van der Waals surface area contributed by atoms with Crippen LogP contribution in [0.5, 0.6) is 0 Å². The van der Waals surface area contributed by atoms with Gasteiger partial charge in [-0.1, -0.05) is 17.7 Å². The molecule has 0 bridgehead atoms. The van der Waals surface area contributed by atoms with Crippen LogP contribution in [0, 0.1) is 11.6 Å². The Bertz CT molecular complexity index is 953. The van der Waals surface area contributed by atoms with Crippen LogP contribution < -0.4 is 5.32 Å². The normalized spacial score (nSPS) is 12.9. The Kier molecular flexibility index (Phi) is 5.99. The number of hydrogen-bond acceptors (Lipinski definition) is 6. The summed E-state index contributed by atoms with van der Waals surface area (Å²) in [6, 6.07) is 1.94. The van der Waals surface area contributed by atoms with Crippen LogP contribution in [0.2, 0.25) is 5.02 Å². The number of rotatable bonds is 7. The number of tetrazole rings is 1. The fourth-order valence-electron chi connectivity index (χ4n) is 2.89. The van der Waals surface area contributed by atoms with Gasteiger partial charge in [0.1, 0.15) is 12.2 Å². The predicted molar refractivity (Wildman–Crippen MR) is 98.7 cm³/mol. The third-order valence-electron chi connectivity index (χ3n) is 4.24. The molecule has 150 valence electrons. The minimum absolute atomic E-state index is 0.0502. The molecule has 0 saturated heterocycles. The van der Waals surface area contributed by atoms with E-state index in [1.54, 1.807) is 9.36 Å². The number of benzene rings is 1. The molecule has 1 atom stereocenters. The number of halogens is 3. The molecule has 0 aliphatic carbocycles. The third-order valence-corrected chi connectivity index (χ3v) is 4.53.